The Hall–Kier alpha value is -2.86. The Morgan fingerprint density at radius 2 is 2.00 bits per heavy atom. The summed E-state index contributed by atoms with van der Waals surface area (Å²) >= 11 is 0. The van der Waals surface area contributed by atoms with Crippen molar-refractivity contribution in [3.05, 3.63) is 69.8 Å². The second-order valence-electron chi connectivity index (χ2n) is 7.56. The summed E-state index contributed by atoms with van der Waals surface area (Å²) in [6.45, 7) is 4.42. The van der Waals surface area contributed by atoms with Gasteiger partial charge in [0.15, 0.2) is 0 Å². The molecule has 1 saturated heterocycles. The first kappa shape index (κ1) is 17.5. The number of hydrogen-bond acceptors (Lipinski definition) is 5. The molecule has 0 aliphatic carbocycles. The summed E-state index contributed by atoms with van der Waals surface area (Å²) in [5.41, 5.74) is 3.17. The van der Waals surface area contributed by atoms with Gasteiger partial charge in [-0.25, -0.2) is 5.06 Å². The first-order valence-corrected chi connectivity index (χ1v) is 8.96. The van der Waals surface area contributed by atoms with Crippen LogP contribution in [0.25, 0.3) is 6.08 Å². The molecule has 0 bridgehead atoms. The number of hydroxylamine groups is 1. The molecule has 0 radical (unpaired) electrons. The van der Waals surface area contributed by atoms with Gasteiger partial charge in [0, 0.05) is 29.5 Å². The van der Waals surface area contributed by atoms with Crippen LogP contribution in [0.5, 0.6) is 5.75 Å². The Morgan fingerprint density at radius 1 is 1.26 bits per heavy atom. The van der Waals surface area contributed by atoms with Crippen LogP contribution in [-0.4, -0.2) is 24.2 Å². The Kier molecular flexibility index (Phi) is 4.15. The van der Waals surface area contributed by atoms with Crippen LogP contribution >= 0.6 is 0 Å². The van der Waals surface area contributed by atoms with E-state index in [1.165, 1.54) is 17.7 Å². The molecule has 6 nitrogen and oxygen atoms in total. The van der Waals surface area contributed by atoms with Crippen molar-refractivity contribution in [3.63, 3.8) is 0 Å². The van der Waals surface area contributed by atoms with E-state index in [9.17, 15) is 10.1 Å². The lowest BCUT2D eigenvalue weighted by molar-refractivity contribution is -0.384. The maximum Gasteiger partial charge on any atom is 0.269 e. The van der Waals surface area contributed by atoms with E-state index in [2.05, 4.69) is 19.9 Å². The molecule has 2 heterocycles. The minimum absolute atomic E-state index is 0.0861. The second kappa shape index (κ2) is 6.39. The maximum atomic E-state index is 10.8. The average Bonchev–Trinajstić information content (AvgIpc) is 3.15. The number of non-ortho nitro benzene ring substituents is 1. The van der Waals surface area contributed by atoms with Gasteiger partial charge in [-0.3, -0.25) is 15.0 Å². The molecular formula is C21H22N2O4. The number of methoxy groups -OCH3 is 1. The lowest BCUT2D eigenvalue weighted by atomic mass is 9.78. The summed E-state index contributed by atoms with van der Waals surface area (Å²) in [7, 11) is 1.70. The smallest absolute Gasteiger partial charge is 0.269 e. The van der Waals surface area contributed by atoms with E-state index in [0.717, 1.165) is 23.4 Å². The molecule has 2 unspecified atom stereocenters. The largest absolute Gasteiger partial charge is 0.496 e. The minimum Gasteiger partial charge on any atom is -0.496 e. The number of nitro benzene ring substituents is 1. The number of nitrogens with zero attached hydrogens (tertiary/aromatic N) is 2. The SMILES string of the molecule is COc1cccc2c1CC1N2OC(C=Cc2ccc([N+](=O)[O-])cc2)C1(C)C. The Balaban J connectivity index is 1.57. The lowest BCUT2D eigenvalue weighted by Gasteiger charge is -2.26. The van der Waals surface area contributed by atoms with Crippen LogP contribution in [0.2, 0.25) is 0 Å². The molecule has 0 N–H and O–H groups in total. The molecule has 27 heavy (non-hydrogen) atoms. The summed E-state index contributed by atoms with van der Waals surface area (Å²) < 4.78 is 5.50. The molecule has 2 atom stereocenters. The zero-order valence-corrected chi connectivity index (χ0v) is 15.6. The Morgan fingerprint density at radius 3 is 2.67 bits per heavy atom. The molecule has 2 aliphatic rings. The highest BCUT2D eigenvalue weighted by atomic mass is 16.7. The van der Waals surface area contributed by atoms with E-state index < -0.39 is 4.92 Å². The van der Waals surface area contributed by atoms with Crippen LogP contribution in [0.4, 0.5) is 11.4 Å². The molecule has 0 spiro atoms. The van der Waals surface area contributed by atoms with E-state index in [-0.39, 0.29) is 23.2 Å². The summed E-state index contributed by atoms with van der Waals surface area (Å²) in [6.07, 6.45) is 4.80. The van der Waals surface area contributed by atoms with Gasteiger partial charge in [-0.15, -0.1) is 0 Å². The van der Waals surface area contributed by atoms with Gasteiger partial charge in [-0.2, -0.15) is 0 Å². The number of hydrogen-bond donors (Lipinski definition) is 0. The van der Waals surface area contributed by atoms with E-state index in [4.69, 9.17) is 9.57 Å². The zero-order valence-electron chi connectivity index (χ0n) is 15.6. The van der Waals surface area contributed by atoms with Crippen LogP contribution in [0, 0.1) is 15.5 Å². The van der Waals surface area contributed by atoms with Gasteiger partial charge in [0.1, 0.15) is 11.9 Å². The number of fused-ring (bicyclic) bond motifs is 3. The fourth-order valence-corrected chi connectivity index (χ4v) is 3.93. The van der Waals surface area contributed by atoms with Gasteiger partial charge < -0.3 is 4.74 Å². The van der Waals surface area contributed by atoms with Crippen molar-refractivity contribution >= 4 is 17.5 Å². The van der Waals surface area contributed by atoms with Gasteiger partial charge in [-0.1, -0.05) is 32.1 Å². The van der Waals surface area contributed by atoms with Crippen molar-refractivity contribution < 1.29 is 14.5 Å². The third kappa shape index (κ3) is 2.86. The van der Waals surface area contributed by atoms with Gasteiger partial charge in [0.25, 0.3) is 5.69 Å². The third-order valence-corrected chi connectivity index (χ3v) is 5.63. The van der Waals surface area contributed by atoms with Crippen molar-refractivity contribution in [2.24, 2.45) is 5.41 Å². The molecular weight excluding hydrogens is 344 g/mol. The van der Waals surface area contributed by atoms with Crippen molar-refractivity contribution in [2.45, 2.75) is 32.4 Å². The Bertz CT molecular complexity index is 905. The van der Waals surface area contributed by atoms with Gasteiger partial charge >= 0.3 is 0 Å². The molecule has 2 aromatic carbocycles. The highest BCUT2D eigenvalue weighted by molar-refractivity contribution is 5.64. The molecule has 0 aromatic heterocycles. The van der Waals surface area contributed by atoms with Crippen LogP contribution in [0.1, 0.15) is 25.0 Å². The van der Waals surface area contributed by atoms with Gasteiger partial charge in [-0.05, 0) is 29.8 Å². The predicted molar refractivity (Wildman–Crippen MR) is 104 cm³/mol. The van der Waals surface area contributed by atoms with Gasteiger partial charge in [0.2, 0.25) is 0 Å². The summed E-state index contributed by atoms with van der Waals surface area (Å²) in [4.78, 5) is 16.7. The van der Waals surface area contributed by atoms with Crippen molar-refractivity contribution in [1.29, 1.82) is 0 Å². The topological polar surface area (TPSA) is 64.8 Å². The van der Waals surface area contributed by atoms with Crippen LogP contribution < -0.4 is 9.80 Å². The number of nitro groups is 1. The van der Waals surface area contributed by atoms with E-state index in [1.54, 1.807) is 19.2 Å². The Labute approximate surface area is 158 Å². The second-order valence-corrected chi connectivity index (χ2v) is 7.56. The zero-order chi connectivity index (χ0) is 19.2. The van der Waals surface area contributed by atoms with Gasteiger partial charge in [0.05, 0.1) is 23.8 Å². The fourth-order valence-electron chi connectivity index (χ4n) is 3.93. The van der Waals surface area contributed by atoms with Crippen LogP contribution in [0.3, 0.4) is 0 Å². The predicted octanol–water partition coefficient (Wildman–Crippen LogP) is 4.39. The van der Waals surface area contributed by atoms with Crippen molar-refractivity contribution in [1.82, 2.24) is 0 Å². The highest BCUT2D eigenvalue weighted by Gasteiger charge is 2.52. The molecule has 1 fully saturated rings. The molecule has 0 saturated carbocycles. The molecule has 6 heteroatoms. The molecule has 140 valence electrons. The van der Waals surface area contributed by atoms with Crippen LogP contribution in [0.15, 0.2) is 48.5 Å². The van der Waals surface area contributed by atoms with E-state index in [1.807, 2.05) is 29.3 Å². The number of anilines is 1. The monoisotopic (exact) mass is 366 g/mol. The van der Waals surface area contributed by atoms with E-state index in [0.29, 0.717) is 0 Å². The first-order valence-electron chi connectivity index (χ1n) is 8.96. The molecule has 2 aliphatic heterocycles. The van der Waals surface area contributed by atoms with Crippen molar-refractivity contribution in [2.75, 3.05) is 12.2 Å². The third-order valence-electron chi connectivity index (χ3n) is 5.63. The fraction of sp³-hybridized carbons (Fsp3) is 0.333. The average molecular weight is 366 g/mol. The molecule has 4 rings (SSSR count). The summed E-state index contributed by atoms with van der Waals surface area (Å²) in [5.74, 6) is 0.902. The van der Waals surface area contributed by atoms with Crippen LogP contribution in [-0.2, 0) is 11.3 Å². The number of ether oxygens (including phenoxy) is 1. The lowest BCUT2D eigenvalue weighted by Crippen LogP contribution is -2.36. The summed E-state index contributed by atoms with van der Waals surface area (Å²) in [6, 6.07) is 12.8. The normalized spacial score (nSPS) is 22.7. The maximum absolute atomic E-state index is 10.8. The van der Waals surface area contributed by atoms with Crippen molar-refractivity contribution in [3.8, 4) is 5.75 Å². The van der Waals surface area contributed by atoms with E-state index >= 15 is 0 Å². The summed E-state index contributed by atoms with van der Waals surface area (Å²) in [5, 5.41) is 12.8. The first-order chi connectivity index (χ1) is 12.9. The number of rotatable bonds is 4. The number of benzene rings is 2. The highest BCUT2D eigenvalue weighted by Crippen LogP contribution is 2.50. The minimum atomic E-state index is -0.392. The molecule has 2 aromatic rings. The standard InChI is InChI=1S/C21H22N2O4/c1-21(2)19-13-16-17(5-4-6-18(16)26-3)22(19)27-20(21)12-9-14-7-10-15(11-8-14)23(24)25/h4-12,19-20H,13H2,1-3H3. The quantitative estimate of drug-likeness (QED) is 0.593. The molecule has 0 amide bonds.